The monoisotopic (exact) mass is 229 g/mol. The standard InChI is InChI=1S/C10H16FN3S/c1-3-4-5-6-15-9-8(11)7-13-10(12-2)14-9/h7H,3-6H2,1-2H3,(H,12,13,14). The minimum atomic E-state index is -0.338. The lowest BCUT2D eigenvalue weighted by Gasteiger charge is -2.03. The van der Waals surface area contributed by atoms with Crippen LogP contribution in [0.15, 0.2) is 11.2 Å². The van der Waals surface area contributed by atoms with Crippen LogP contribution in [0.3, 0.4) is 0 Å². The molecule has 0 atom stereocenters. The molecule has 3 nitrogen and oxygen atoms in total. The summed E-state index contributed by atoms with van der Waals surface area (Å²) in [5.41, 5.74) is 0. The molecule has 1 heterocycles. The number of nitrogens with one attached hydrogen (secondary N) is 1. The summed E-state index contributed by atoms with van der Waals surface area (Å²) in [4.78, 5) is 7.85. The summed E-state index contributed by atoms with van der Waals surface area (Å²) >= 11 is 1.45. The number of thioether (sulfide) groups is 1. The van der Waals surface area contributed by atoms with E-state index in [0.717, 1.165) is 12.2 Å². The molecule has 0 bridgehead atoms. The summed E-state index contributed by atoms with van der Waals surface area (Å²) in [7, 11) is 1.72. The maximum absolute atomic E-state index is 13.2. The molecule has 5 heteroatoms. The van der Waals surface area contributed by atoms with Crippen LogP contribution in [0.5, 0.6) is 0 Å². The zero-order chi connectivity index (χ0) is 11.1. The van der Waals surface area contributed by atoms with E-state index < -0.39 is 0 Å². The molecular weight excluding hydrogens is 213 g/mol. The molecule has 0 unspecified atom stereocenters. The van der Waals surface area contributed by atoms with Gasteiger partial charge in [0.2, 0.25) is 5.95 Å². The van der Waals surface area contributed by atoms with Crippen LogP contribution in [0.25, 0.3) is 0 Å². The average molecular weight is 229 g/mol. The molecule has 0 fully saturated rings. The van der Waals surface area contributed by atoms with E-state index in [1.54, 1.807) is 7.05 Å². The Labute approximate surface area is 93.9 Å². The zero-order valence-corrected chi connectivity index (χ0v) is 9.90. The first-order chi connectivity index (χ1) is 7.27. The van der Waals surface area contributed by atoms with Crippen LogP contribution in [0.4, 0.5) is 10.3 Å². The van der Waals surface area contributed by atoms with Crippen molar-refractivity contribution in [2.75, 3.05) is 18.1 Å². The first-order valence-corrected chi connectivity index (χ1v) is 6.09. The fraction of sp³-hybridized carbons (Fsp3) is 0.600. The van der Waals surface area contributed by atoms with Gasteiger partial charge in [-0.15, -0.1) is 11.8 Å². The Morgan fingerprint density at radius 1 is 1.47 bits per heavy atom. The number of halogens is 1. The second-order valence-corrected chi connectivity index (χ2v) is 4.24. The Kier molecular flexibility index (Phi) is 5.39. The Morgan fingerprint density at radius 3 is 2.93 bits per heavy atom. The molecule has 0 saturated heterocycles. The highest BCUT2D eigenvalue weighted by atomic mass is 32.2. The van der Waals surface area contributed by atoms with E-state index in [2.05, 4.69) is 22.2 Å². The van der Waals surface area contributed by atoms with E-state index >= 15 is 0 Å². The summed E-state index contributed by atoms with van der Waals surface area (Å²) in [6, 6.07) is 0. The Hall–Kier alpha value is -0.840. The quantitative estimate of drug-likeness (QED) is 0.462. The topological polar surface area (TPSA) is 37.8 Å². The van der Waals surface area contributed by atoms with Crippen LogP contribution in [-0.4, -0.2) is 22.8 Å². The number of nitrogens with zero attached hydrogens (tertiary/aromatic N) is 2. The van der Waals surface area contributed by atoms with Crippen LogP contribution in [0, 0.1) is 5.82 Å². The van der Waals surface area contributed by atoms with Gasteiger partial charge < -0.3 is 5.32 Å². The Balaban J connectivity index is 2.51. The van der Waals surface area contributed by atoms with Gasteiger partial charge in [-0.1, -0.05) is 19.8 Å². The highest BCUT2D eigenvalue weighted by Crippen LogP contribution is 2.21. The lowest BCUT2D eigenvalue weighted by Crippen LogP contribution is -1.99. The summed E-state index contributed by atoms with van der Waals surface area (Å²) in [6.07, 6.45) is 4.66. The van der Waals surface area contributed by atoms with Crippen molar-refractivity contribution >= 4 is 17.7 Å². The third-order valence-electron chi connectivity index (χ3n) is 1.92. The van der Waals surface area contributed by atoms with Crippen LogP contribution < -0.4 is 5.32 Å². The maximum Gasteiger partial charge on any atom is 0.223 e. The van der Waals surface area contributed by atoms with Crippen molar-refractivity contribution in [2.24, 2.45) is 0 Å². The summed E-state index contributed by atoms with van der Waals surface area (Å²) in [6.45, 7) is 2.15. The third kappa shape index (κ3) is 4.03. The van der Waals surface area contributed by atoms with Crippen LogP contribution in [-0.2, 0) is 0 Å². The molecule has 1 rings (SSSR count). The van der Waals surface area contributed by atoms with E-state index in [4.69, 9.17) is 0 Å². The van der Waals surface area contributed by atoms with Crippen molar-refractivity contribution < 1.29 is 4.39 Å². The largest absolute Gasteiger partial charge is 0.357 e. The molecule has 0 aliphatic carbocycles. The molecule has 0 spiro atoms. The van der Waals surface area contributed by atoms with E-state index in [9.17, 15) is 4.39 Å². The van der Waals surface area contributed by atoms with Gasteiger partial charge >= 0.3 is 0 Å². The molecule has 1 N–H and O–H groups in total. The van der Waals surface area contributed by atoms with E-state index in [-0.39, 0.29) is 5.82 Å². The van der Waals surface area contributed by atoms with Crippen molar-refractivity contribution in [1.29, 1.82) is 0 Å². The highest BCUT2D eigenvalue weighted by molar-refractivity contribution is 7.99. The van der Waals surface area contributed by atoms with Gasteiger partial charge in [-0.3, -0.25) is 0 Å². The molecule has 0 aliphatic rings. The summed E-state index contributed by atoms with van der Waals surface area (Å²) in [5.74, 6) is 1.04. The van der Waals surface area contributed by atoms with E-state index in [0.29, 0.717) is 11.0 Å². The second-order valence-electron chi connectivity index (χ2n) is 3.15. The molecule has 15 heavy (non-hydrogen) atoms. The smallest absolute Gasteiger partial charge is 0.223 e. The van der Waals surface area contributed by atoms with Crippen molar-refractivity contribution in [3.63, 3.8) is 0 Å². The fourth-order valence-corrected chi connectivity index (χ4v) is 1.98. The first-order valence-electron chi connectivity index (χ1n) is 5.11. The van der Waals surface area contributed by atoms with Crippen LogP contribution >= 0.6 is 11.8 Å². The first kappa shape index (κ1) is 12.2. The molecule has 0 aliphatic heterocycles. The lowest BCUT2D eigenvalue weighted by atomic mass is 10.3. The Morgan fingerprint density at radius 2 is 2.27 bits per heavy atom. The third-order valence-corrected chi connectivity index (χ3v) is 2.97. The lowest BCUT2D eigenvalue weighted by molar-refractivity contribution is 0.580. The van der Waals surface area contributed by atoms with Gasteiger partial charge in [-0.2, -0.15) is 0 Å². The van der Waals surface area contributed by atoms with Crippen LogP contribution in [0.2, 0.25) is 0 Å². The molecule has 1 aromatic rings. The molecule has 1 aromatic heterocycles. The van der Waals surface area contributed by atoms with Gasteiger partial charge in [0.15, 0.2) is 5.82 Å². The number of anilines is 1. The number of aromatic nitrogens is 2. The minimum Gasteiger partial charge on any atom is -0.357 e. The molecule has 0 amide bonds. The van der Waals surface area contributed by atoms with Gasteiger partial charge in [-0.05, 0) is 12.2 Å². The number of hydrogen-bond acceptors (Lipinski definition) is 4. The van der Waals surface area contributed by atoms with E-state index in [1.807, 2.05) is 0 Å². The molecule has 0 aromatic carbocycles. The maximum atomic E-state index is 13.2. The molecular formula is C10H16FN3S. The summed E-state index contributed by atoms with van der Waals surface area (Å²) < 4.78 is 13.2. The average Bonchev–Trinajstić information content (AvgIpc) is 2.26. The Bertz CT molecular complexity index is 307. The normalized spacial score (nSPS) is 10.3. The predicted molar refractivity (Wildman–Crippen MR) is 61.8 cm³/mol. The SMILES string of the molecule is CCCCCSc1nc(NC)ncc1F. The van der Waals surface area contributed by atoms with Gasteiger partial charge in [0, 0.05) is 7.05 Å². The molecule has 0 radical (unpaired) electrons. The van der Waals surface area contributed by atoms with Gasteiger partial charge in [0.05, 0.1) is 6.20 Å². The summed E-state index contributed by atoms with van der Waals surface area (Å²) in [5, 5.41) is 3.23. The van der Waals surface area contributed by atoms with Gasteiger partial charge in [0.25, 0.3) is 0 Å². The number of hydrogen-bond donors (Lipinski definition) is 1. The number of unbranched alkanes of at least 4 members (excludes halogenated alkanes) is 2. The zero-order valence-electron chi connectivity index (χ0n) is 9.09. The minimum absolute atomic E-state index is 0.338. The van der Waals surface area contributed by atoms with E-state index in [1.165, 1.54) is 30.8 Å². The predicted octanol–water partition coefficient (Wildman–Crippen LogP) is 2.94. The van der Waals surface area contributed by atoms with Crippen molar-refractivity contribution in [3.05, 3.63) is 12.0 Å². The van der Waals surface area contributed by atoms with Crippen molar-refractivity contribution in [3.8, 4) is 0 Å². The van der Waals surface area contributed by atoms with Crippen molar-refractivity contribution in [1.82, 2.24) is 9.97 Å². The van der Waals surface area contributed by atoms with Crippen molar-refractivity contribution in [2.45, 2.75) is 31.2 Å². The molecule has 84 valence electrons. The highest BCUT2D eigenvalue weighted by Gasteiger charge is 2.06. The van der Waals surface area contributed by atoms with Gasteiger partial charge in [-0.25, -0.2) is 14.4 Å². The fourth-order valence-electron chi connectivity index (χ4n) is 1.09. The second kappa shape index (κ2) is 6.61. The number of rotatable bonds is 6. The van der Waals surface area contributed by atoms with Crippen LogP contribution in [0.1, 0.15) is 26.2 Å². The molecule has 0 saturated carbocycles. The van der Waals surface area contributed by atoms with Gasteiger partial charge in [0.1, 0.15) is 5.03 Å².